The normalized spacial score (nSPS) is 12.4. The molecule has 1 atom stereocenters. The number of halogens is 1. The van der Waals surface area contributed by atoms with E-state index < -0.39 is 0 Å². The average Bonchev–Trinajstić information content (AvgIpc) is 2.40. The van der Waals surface area contributed by atoms with E-state index in [9.17, 15) is 0 Å². The minimum absolute atomic E-state index is 0.595. The summed E-state index contributed by atoms with van der Waals surface area (Å²) >= 11 is 5.96. The molecular formula is C19H24ClN. The summed E-state index contributed by atoms with van der Waals surface area (Å²) in [5.41, 5.74) is 5.48. The highest BCUT2D eigenvalue weighted by Gasteiger charge is 2.11. The molecule has 0 heterocycles. The van der Waals surface area contributed by atoms with Crippen LogP contribution in [0.1, 0.15) is 22.3 Å². The maximum absolute atomic E-state index is 5.96. The highest BCUT2D eigenvalue weighted by Crippen LogP contribution is 2.18. The fourth-order valence-electron chi connectivity index (χ4n) is 2.98. The zero-order valence-electron chi connectivity index (χ0n) is 13.1. The van der Waals surface area contributed by atoms with Gasteiger partial charge in [-0.25, -0.2) is 0 Å². The van der Waals surface area contributed by atoms with Gasteiger partial charge in [0.25, 0.3) is 0 Å². The summed E-state index contributed by atoms with van der Waals surface area (Å²) in [5, 5.41) is 4.13. The van der Waals surface area contributed by atoms with Gasteiger partial charge in [-0.2, -0.15) is 0 Å². The van der Waals surface area contributed by atoms with Crippen LogP contribution in [-0.2, 0) is 12.8 Å². The summed E-state index contributed by atoms with van der Waals surface area (Å²) in [6, 6.07) is 15.1. The van der Waals surface area contributed by atoms with Crippen LogP contribution in [0.5, 0.6) is 0 Å². The van der Waals surface area contributed by atoms with Gasteiger partial charge in [0, 0.05) is 5.02 Å². The number of benzene rings is 2. The first-order valence-corrected chi connectivity index (χ1v) is 7.91. The second-order valence-corrected chi connectivity index (χ2v) is 6.39. The van der Waals surface area contributed by atoms with Crippen molar-refractivity contribution in [2.45, 2.75) is 26.7 Å². The molecule has 2 aromatic carbocycles. The van der Waals surface area contributed by atoms with Gasteiger partial charge in [0.1, 0.15) is 0 Å². The Labute approximate surface area is 133 Å². The lowest BCUT2D eigenvalue weighted by molar-refractivity contribution is 0.493. The first-order chi connectivity index (χ1) is 10.1. The smallest absolute Gasteiger partial charge is 0.0406 e. The molecule has 0 bridgehead atoms. The van der Waals surface area contributed by atoms with Gasteiger partial charge in [0.05, 0.1) is 0 Å². The molecule has 0 saturated heterocycles. The van der Waals surface area contributed by atoms with Gasteiger partial charge in [-0.15, -0.1) is 0 Å². The molecule has 1 N–H and O–H groups in total. The van der Waals surface area contributed by atoms with E-state index in [0.29, 0.717) is 5.92 Å². The zero-order chi connectivity index (χ0) is 15.2. The summed E-state index contributed by atoms with van der Waals surface area (Å²) in [6.45, 7) is 5.36. The zero-order valence-corrected chi connectivity index (χ0v) is 13.9. The van der Waals surface area contributed by atoms with E-state index in [1.54, 1.807) is 0 Å². The van der Waals surface area contributed by atoms with Crippen LogP contribution in [0.25, 0.3) is 0 Å². The molecule has 0 saturated carbocycles. The Kier molecular flexibility index (Phi) is 5.84. The third kappa shape index (κ3) is 5.18. The highest BCUT2D eigenvalue weighted by atomic mass is 35.5. The molecule has 2 rings (SSSR count). The van der Waals surface area contributed by atoms with E-state index in [4.69, 9.17) is 11.6 Å². The van der Waals surface area contributed by atoms with E-state index in [0.717, 1.165) is 24.4 Å². The van der Waals surface area contributed by atoms with Gasteiger partial charge in [-0.3, -0.25) is 0 Å². The molecule has 0 amide bonds. The standard InChI is InChI=1S/C19H24ClN/c1-14-8-15(2)10-17(9-14)12-18(13-21-3)11-16-4-6-19(20)7-5-16/h4-10,18,21H,11-13H2,1-3H3. The summed E-state index contributed by atoms with van der Waals surface area (Å²) in [7, 11) is 2.02. The van der Waals surface area contributed by atoms with Gasteiger partial charge in [-0.1, -0.05) is 53.1 Å². The number of rotatable bonds is 6. The molecule has 0 fully saturated rings. The van der Waals surface area contributed by atoms with Gasteiger partial charge < -0.3 is 5.32 Å². The van der Waals surface area contributed by atoms with Gasteiger partial charge in [0.2, 0.25) is 0 Å². The van der Waals surface area contributed by atoms with Crippen molar-refractivity contribution in [3.8, 4) is 0 Å². The molecule has 0 aromatic heterocycles. The Hall–Kier alpha value is -1.31. The maximum Gasteiger partial charge on any atom is 0.0406 e. The Morgan fingerprint density at radius 2 is 1.48 bits per heavy atom. The summed E-state index contributed by atoms with van der Waals surface area (Å²) < 4.78 is 0. The lowest BCUT2D eigenvalue weighted by Crippen LogP contribution is -2.22. The van der Waals surface area contributed by atoms with Crippen LogP contribution in [0.4, 0.5) is 0 Å². The van der Waals surface area contributed by atoms with Crippen LogP contribution < -0.4 is 5.32 Å². The fourth-order valence-corrected chi connectivity index (χ4v) is 3.11. The van der Waals surface area contributed by atoms with Crippen molar-refractivity contribution in [2.75, 3.05) is 13.6 Å². The molecule has 1 unspecified atom stereocenters. The third-order valence-corrected chi connectivity index (χ3v) is 3.99. The molecule has 21 heavy (non-hydrogen) atoms. The molecule has 0 aliphatic heterocycles. The van der Waals surface area contributed by atoms with Crippen LogP contribution >= 0.6 is 11.6 Å². The van der Waals surface area contributed by atoms with Crippen molar-refractivity contribution in [1.29, 1.82) is 0 Å². The topological polar surface area (TPSA) is 12.0 Å². The predicted molar refractivity (Wildman–Crippen MR) is 92.2 cm³/mol. The van der Waals surface area contributed by atoms with E-state index in [2.05, 4.69) is 49.5 Å². The van der Waals surface area contributed by atoms with Crippen molar-refractivity contribution in [1.82, 2.24) is 5.32 Å². The molecule has 1 nitrogen and oxygen atoms in total. The maximum atomic E-state index is 5.96. The Morgan fingerprint density at radius 3 is 2.05 bits per heavy atom. The monoisotopic (exact) mass is 301 g/mol. The van der Waals surface area contributed by atoms with Crippen LogP contribution in [0.15, 0.2) is 42.5 Å². The van der Waals surface area contributed by atoms with Crippen molar-refractivity contribution in [3.63, 3.8) is 0 Å². The number of aryl methyl sites for hydroxylation is 2. The molecule has 0 aliphatic carbocycles. The lowest BCUT2D eigenvalue weighted by atomic mass is 9.91. The van der Waals surface area contributed by atoms with E-state index in [1.165, 1.54) is 22.3 Å². The van der Waals surface area contributed by atoms with Gasteiger partial charge in [0.15, 0.2) is 0 Å². The average molecular weight is 302 g/mol. The Morgan fingerprint density at radius 1 is 0.905 bits per heavy atom. The predicted octanol–water partition coefficient (Wildman–Crippen LogP) is 4.58. The fraction of sp³-hybridized carbons (Fsp3) is 0.368. The van der Waals surface area contributed by atoms with Crippen molar-refractivity contribution in [2.24, 2.45) is 5.92 Å². The molecule has 0 radical (unpaired) electrons. The number of nitrogens with one attached hydrogen (secondary N) is 1. The third-order valence-electron chi connectivity index (χ3n) is 3.74. The minimum Gasteiger partial charge on any atom is -0.319 e. The Bertz CT molecular complexity index is 554. The van der Waals surface area contributed by atoms with Crippen molar-refractivity contribution < 1.29 is 0 Å². The molecule has 0 spiro atoms. The van der Waals surface area contributed by atoms with E-state index in [-0.39, 0.29) is 0 Å². The molecule has 2 aromatic rings. The largest absolute Gasteiger partial charge is 0.319 e. The van der Waals surface area contributed by atoms with Crippen LogP contribution in [0.3, 0.4) is 0 Å². The molecule has 0 aliphatic rings. The number of hydrogen-bond donors (Lipinski definition) is 1. The second kappa shape index (κ2) is 7.63. The molecular weight excluding hydrogens is 278 g/mol. The van der Waals surface area contributed by atoms with Crippen LogP contribution in [0.2, 0.25) is 5.02 Å². The second-order valence-electron chi connectivity index (χ2n) is 5.95. The summed E-state index contributed by atoms with van der Waals surface area (Å²) in [4.78, 5) is 0. The van der Waals surface area contributed by atoms with E-state index in [1.807, 2.05) is 19.2 Å². The minimum atomic E-state index is 0.595. The highest BCUT2D eigenvalue weighted by molar-refractivity contribution is 6.30. The first-order valence-electron chi connectivity index (χ1n) is 7.53. The first kappa shape index (κ1) is 16.1. The number of hydrogen-bond acceptors (Lipinski definition) is 1. The van der Waals surface area contributed by atoms with Gasteiger partial charge >= 0.3 is 0 Å². The van der Waals surface area contributed by atoms with Crippen molar-refractivity contribution >= 4 is 11.6 Å². The van der Waals surface area contributed by atoms with Crippen LogP contribution in [-0.4, -0.2) is 13.6 Å². The lowest BCUT2D eigenvalue weighted by Gasteiger charge is -2.17. The molecule has 112 valence electrons. The van der Waals surface area contributed by atoms with E-state index >= 15 is 0 Å². The van der Waals surface area contributed by atoms with Gasteiger partial charge in [-0.05, 0) is 69.5 Å². The quantitative estimate of drug-likeness (QED) is 0.823. The SMILES string of the molecule is CNCC(Cc1ccc(Cl)cc1)Cc1cc(C)cc(C)c1. The summed E-state index contributed by atoms with van der Waals surface area (Å²) in [6.07, 6.45) is 2.18. The van der Waals surface area contributed by atoms with Crippen molar-refractivity contribution in [3.05, 3.63) is 69.7 Å². The molecule has 2 heteroatoms. The Balaban J connectivity index is 2.09. The van der Waals surface area contributed by atoms with Crippen LogP contribution in [0, 0.1) is 19.8 Å². The summed E-state index contributed by atoms with van der Waals surface area (Å²) in [5.74, 6) is 0.595.